The van der Waals surface area contributed by atoms with Gasteiger partial charge in [-0.05, 0) is 55.5 Å². The molecule has 31 heavy (non-hydrogen) atoms. The molecule has 2 rings (SSSR count). The first-order valence-corrected chi connectivity index (χ1v) is 11.8. The molecule has 0 radical (unpaired) electrons. The zero-order valence-electron chi connectivity index (χ0n) is 18.8. The van der Waals surface area contributed by atoms with Crippen LogP contribution in [-0.4, -0.2) is 26.1 Å². The van der Waals surface area contributed by atoms with Crippen molar-refractivity contribution in [2.24, 2.45) is 5.41 Å². The second-order valence-corrected chi connectivity index (χ2v) is 11.5. The van der Waals surface area contributed by atoms with Crippen LogP contribution < -0.4 is 9.62 Å². The average Bonchev–Trinajstić information content (AvgIpc) is 2.59. The lowest BCUT2D eigenvalue weighted by Crippen LogP contribution is -2.45. The van der Waals surface area contributed by atoms with Gasteiger partial charge in [0.2, 0.25) is 10.0 Å². The molecule has 0 aromatic heterocycles. The Morgan fingerprint density at radius 2 is 1.55 bits per heavy atom. The van der Waals surface area contributed by atoms with Crippen LogP contribution in [0.1, 0.15) is 57.0 Å². The van der Waals surface area contributed by atoms with Gasteiger partial charge >= 0.3 is 0 Å². The van der Waals surface area contributed by atoms with Gasteiger partial charge in [0, 0.05) is 17.2 Å². The molecular weight excluding hydrogens is 422 g/mol. The van der Waals surface area contributed by atoms with Crippen LogP contribution in [0.3, 0.4) is 0 Å². The normalized spacial score (nSPS) is 12.5. The lowest BCUT2D eigenvalue weighted by atomic mass is 9.81. The highest BCUT2D eigenvalue weighted by Crippen LogP contribution is 2.27. The molecule has 0 bridgehead atoms. The zero-order valence-corrected chi connectivity index (χ0v) is 19.6. The standard InChI is InChI=1S/C23H30F2N2O3S/c1-22(2,3)15-23(4,5)26-21(28)17-9-7-16(8-10-17)14-27(31(6,29)30)18-11-12-19(24)20(25)13-18/h7-13H,14-15H2,1-6H3,(H,26,28). The molecule has 0 saturated heterocycles. The fraction of sp³-hybridized carbons (Fsp3) is 0.435. The Balaban J connectivity index is 2.19. The summed E-state index contributed by atoms with van der Waals surface area (Å²) < 4.78 is 52.3. The molecule has 1 N–H and O–H groups in total. The summed E-state index contributed by atoms with van der Waals surface area (Å²) in [6.07, 6.45) is 1.79. The monoisotopic (exact) mass is 452 g/mol. The highest BCUT2D eigenvalue weighted by Gasteiger charge is 2.27. The van der Waals surface area contributed by atoms with E-state index in [0.29, 0.717) is 11.1 Å². The summed E-state index contributed by atoms with van der Waals surface area (Å²) in [5, 5.41) is 3.03. The zero-order chi connectivity index (χ0) is 23.6. The predicted molar refractivity (Wildman–Crippen MR) is 119 cm³/mol. The van der Waals surface area contributed by atoms with Crippen LogP contribution in [0.15, 0.2) is 42.5 Å². The summed E-state index contributed by atoms with van der Waals surface area (Å²) in [5.41, 5.74) is 0.723. The number of nitrogens with one attached hydrogen (secondary N) is 1. The molecular formula is C23H30F2N2O3S. The maximum absolute atomic E-state index is 13.6. The number of benzene rings is 2. The van der Waals surface area contributed by atoms with E-state index in [0.717, 1.165) is 29.1 Å². The third-order valence-corrected chi connectivity index (χ3v) is 5.70. The van der Waals surface area contributed by atoms with Crippen molar-refractivity contribution < 1.29 is 22.0 Å². The third-order valence-electron chi connectivity index (χ3n) is 4.56. The molecule has 0 aliphatic heterocycles. The Morgan fingerprint density at radius 3 is 2.03 bits per heavy atom. The number of hydrogen-bond donors (Lipinski definition) is 1. The molecule has 1 amide bonds. The predicted octanol–water partition coefficient (Wildman–Crippen LogP) is 4.88. The maximum Gasteiger partial charge on any atom is 0.251 e. The smallest absolute Gasteiger partial charge is 0.251 e. The number of halogens is 2. The lowest BCUT2D eigenvalue weighted by molar-refractivity contribution is 0.0891. The number of carbonyl (C=O) groups excluding carboxylic acids is 1. The minimum Gasteiger partial charge on any atom is -0.347 e. The summed E-state index contributed by atoms with van der Waals surface area (Å²) in [5.74, 6) is -2.40. The Labute approximate surface area is 183 Å². The molecule has 2 aromatic carbocycles. The van der Waals surface area contributed by atoms with Crippen LogP contribution in [0.4, 0.5) is 14.5 Å². The fourth-order valence-electron chi connectivity index (χ4n) is 3.72. The minimum atomic E-state index is -3.75. The van der Waals surface area contributed by atoms with Crippen LogP contribution in [0, 0.1) is 17.0 Å². The van der Waals surface area contributed by atoms with Gasteiger partial charge in [-0.3, -0.25) is 9.10 Å². The number of sulfonamides is 1. The van der Waals surface area contributed by atoms with Gasteiger partial charge in [0.05, 0.1) is 18.5 Å². The van der Waals surface area contributed by atoms with Gasteiger partial charge in [0.15, 0.2) is 11.6 Å². The van der Waals surface area contributed by atoms with E-state index in [1.807, 2.05) is 13.8 Å². The van der Waals surface area contributed by atoms with Crippen LogP contribution in [0.5, 0.6) is 0 Å². The first-order chi connectivity index (χ1) is 14.1. The Kier molecular flexibility index (Phi) is 7.15. The molecule has 0 aliphatic rings. The van der Waals surface area contributed by atoms with Crippen LogP contribution >= 0.6 is 0 Å². The maximum atomic E-state index is 13.6. The molecule has 170 valence electrons. The van der Waals surface area contributed by atoms with E-state index < -0.39 is 27.2 Å². The molecule has 0 atom stereocenters. The molecule has 0 saturated carbocycles. The largest absolute Gasteiger partial charge is 0.347 e. The van der Waals surface area contributed by atoms with Crippen molar-refractivity contribution >= 4 is 21.6 Å². The SMILES string of the molecule is CC(C)(C)CC(C)(C)NC(=O)c1ccc(CN(c2ccc(F)c(F)c2)S(C)(=O)=O)cc1. The first kappa shape index (κ1) is 24.8. The first-order valence-electron chi connectivity index (χ1n) is 9.92. The van der Waals surface area contributed by atoms with Gasteiger partial charge < -0.3 is 5.32 Å². The average molecular weight is 453 g/mol. The lowest BCUT2D eigenvalue weighted by Gasteiger charge is -2.33. The molecule has 5 nitrogen and oxygen atoms in total. The topological polar surface area (TPSA) is 66.5 Å². The van der Waals surface area contributed by atoms with E-state index in [4.69, 9.17) is 0 Å². The van der Waals surface area contributed by atoms with Crippen molar-refractivity contribution in [3.8, 4) is 0 Å². The minimum absolute atomic E-state index is 0.0205. The third kappa shape index (κ3) is 7.31. The van der Waals surface area contributed by atoms with Crippen molar-refractivity contribution in [1.29, 1.82) is 0 Å². The molecule has 0 spiro atoms. The molecule has 8 heteroatoms. The van der Waals surface area contributed by atoms with E-state index in [-0.39, 0.29) is 23.6 Å². The number of hydrogen-bond acceptors (Lipinski definition) is 3. The summed E-state index contributed by atoms with van der Waals surface area (Å²) >= 11 is 0. The summed E-state index contributed by atoms with van der Waals surface area (Å²) in [6, 6.07) is 9.45. The number of anilines is 1. The van der Waals surface area contributed by atoms with Gasteiger partial charge in [-0.25, -0.2) is 17.2 Å². The molecule has 0 unspecified atom stereocenters. The fourth-order valence-corrected chi connectivity index (χ4v) is 4.60. The molecule has 2 aromatic rings. The Morgan fingerprint density at radius 1 is 0.968 bits per heavy atom. The van der Waals surface area contributed by atoms with Crippen molar-refractivity contribution in [3.63, 3.8) is 0 Å². The van der Waals surface area contributed by atoms with E-state index >= 15 is 0 Å². The number of rotatable bonds is 7. The Hall–Kier alpha value is -2.48. The van der Waals surface area contributed by atoms with E-state index in [2.05, 4.69) is 26.1 Å². The van der Waals surface area contributed by atoms with E-state index in [9.17, 15) is 22.0 Å². The number of amides is 1. The summed E-state index contributed by atoms with van der Waals surface area (Å²) in [4.78, 5) is 12.6. The van der Waals surface area contributed by atoms with Crippen molar-refractivity contribution in [2.45, 2.75) is 53.1 Å². The second-order valence-electron chi connectivity index (χ2n) is 9.64. The van der Waals surface area contributed by atoms with Gasteiger partial charge in [0.25, 0.3) is 5.91 Å². The van der Waals surface area contributed by atoms with Crippen LogP contribution in [0.2, 0.25) is 0 Å². The summed E-state index contributed by atoms with van der Waals surface area (Å²) in [6.45, 7) is 10.2. The molecule has 0 heterocycles. The molecule has 0 fully saturated rings. The van der Waals surface area contributed by atoms with Gasteiger partial charge in [-0.2, -0.15) is 0 Å². The second kappa shape index (κ2) is 8.94. The van der Waals surface area contributed by atoms with Crippen molar-refractivity contribution in [1.82, 2.24) is 5.32 Å². The van der Waals surface area contributed by atoms with Crippen LogP contribution in [-0.2, 0) is 16.6 Å². The van der Waals surface area contributed by atoms with E-state index in [1.54, 1.807) is 24.3 Å². The Bertz CT molecular complexity index is 1040. The summed E-state index contributed by atoms with van der Waals surface area (Å²) in [7, 11) is -3.75. The van der Waals surface area contributed by atoms with Crippen molar-refractivity contribution in [3.05, 3.63) is 65.2 Å². The van der Waals surface area contributed by atoms with E-state index in [1.165, 1.54) is 6.07 Å². The quantitative estimate of drug-likeness (QED) is 0.651. The van der Waals surface area contributed by atoms with Crippen molar-refractivity contribution in [2.75, 3.05) is 10.6 Å². The molecule has 0 aliphatic carbocycles. The van der Waals surface area contributed by atoms with Gasteiger partial charge in [-0.15, -0.1) is 0 Å². The highest BCUT2D eigenvalue weighted by molar-refractivity contribution is 7.92. The van der Waals surface area contributed by atoms with Gasteiger partial charge in [-0.1, -0.05) is 32.9 Å². The highest BCUT2D eigenvalue weighted by atomic mass is 32.2. The van der Waals surface area contributed by atoms with Crippen LogP contribution in [0.25, 0.3) is 0 Å². The number of nitrogens with zero attached hydrogens (tertiary/aromatic N) is 1. The van der Waals surface area contributed by atoms with Gasteiger partial charge in [0.1, 0.15) is 0 Å². The number of carbonyl (C=O) groups is 1.